The molecule has 0 aliphatic carbocycles. The van der Waals surface area contributed by atoms with Gasteiger partial charge in [0.2, 0.25) is 5.91 Å². The normalized spacial score (nSPS) is 10.2. The molecule has 0 fully saturated rings. The molecule has 0 saturated heterocycles. The third-order valence-corrected chi connectivity index (χ3v) is 2.82. The number of likely N-dealkylation sites (N-methyl/N-ethyl adjacent to an activating group) is 1. The predicted molar refractivity (Wildman–Crippen MR) is 67.0 cm³/mol. The summed E-state index contributed by atoms with van der Waals surface area (Å²) in [5.74, 6) is -0.174. The highest BCUT2D eigenvalue weighted by Gasteiger charge is 2.12. The molecule has 0 atom stereocenters. The number of aryl methyl sites for hydroxylation is 2. The highest BCUT2D eigenvalue weighted by atomic mass is 16.2. The molecule has 0 aliphatic rings. The molecule has 0 aromatic carbocycles. The SMILES string of the molecule is Cc1n[nH]c(C)c1CCN(C)C(=O)CNC(N)=O. The van der Waals surface area contributed by atoms with Crippen LogP contribution in [0.2, 0.25) is 0 Å². The Morgan fingerprint density at radius 1 is 1.44 bits per heavy atom. The molecule has 1 heterocycles. The quantitative estimate of drug-likeness (QED) is 0.670. The van der Waals surface area contributed by atoms with Gasteiger partial charge in [0.05, 0.1) is 12.2 Å². The summed E-state index contributed by atoms with van der Waals surface area (Å²) < 4.78 is 0. The van der Waals surface area contributed by atoms with Gasteiger partial charge in [0.25, 0.3) is 0 Å². The molecule has 1 aromatic heterocycles. The van der Waals surface area contributed by atoms with Crippen molar-refractivity contribution in [2.45, 2.75) is 20.3 Å². The molecule has 3 amide bonds. The van der Waals surface area contributed by atoms with Crippen LogP contribution in [0.3, 0.4) is 0 Å². The molecule has 0 aliphatic heterocycles. The first kappa shape index (κ1) is 14.0. The van der Waals surface area contributed by atoms with Crippen molar-refractivity contribution >= 4 is 11.9 Å². The molecule has 0 saturated carbocycles. The molecule has 18 heavy (non-hydrogen) atoms. The fourth-order valence-corrected chi connectivity index (χ4v) is 1.64. The number of primary amides is 1. The van der Waals surface area contributed by atoms with Crippen molar-refractivity contribution < 1.29 is 9.59 Å². The fraction of sp³-hybridized carbons (Fsp3) is 0.545. The fourth-order valence-electron chi connectivity index (χ4n) is 1.64. The molecular weight excluding hydrogens is 234 g/mol. The molecule has 7 heteroatoms. The molecule has 0 radical (unpaired) electrons. The van der Waals surface area contributed by atoms with Crippen molar-refractivity contribution in [3.63, 3.8) is 0 Å². The van der Waals surface area contributed by atoms with Crippen LogP contribution in [0.5, 0.6) is 0 Å². The molecule has 0 spiro atoms. The highest BCUT2D eigenvalue weighted by molar-refractivity contribution is 5.83. The Morgan fingerprint density at radius 3 is 2.61 bits per heavy atom. The van der Waals surface area contributed by atoms with Crippen LogP contribution < -0.4 is 11.1 Å². The number of nitrogens with two attached hydrogens (primary N) is 1. The lowest BCUT2D eigenvalue weighted by Gasteiger charge is -2.17. The highest BCUT2D eigenvalue weighted by Crippen LogP contribution is 2.10. The summed E-state index contributed by atoms with van der Waals surface area (Å²) in [6, 6.07) is -0.696. The minimum atomic E-state index is -0.696. The number of rotatable bonds is 5. The minimum absolute atomic E-state index is 0.0742. The summed E-state index contributed by atoms with van der Waals surface area (Å²) in [6.07, 6.45) is 0.729. The number of H-pyrrole nitrogens is 1. The number of nitrogens with one attached hydrogen (secondary N) is 2. The summed E-state index contributed by atoms with van der Waals surface area (Å²) in [5, 5.41) is 9.27. The van der Waals surface area contributed by atoms with E-state index >= 15 is 0 Å². The van der Waals surface area contributed by atoms with Crippen LogP contribution in [0.25, 0.3) is 0 Å². The zero-order valence-corrected chi connectivity index (χ0v) is 10.9. The van der Waals surface area contributed by atoms with Gasteiger partial charge in [0, 0.05) is 19.3 Å². The third kappa shape index (κ3) is 3.76. The Kier molecular flexibility index (Phi) is 4.70. The van der Waals surface area contributed by atoms with E-state index < -0.39 is 6.03 Å². The van der Waals surface area contributed by atoms with E-state index in [4.69, 9.17) is 5.73 Å². The maximum Gasteiger partial charge on any atom is 0.312 e. The number of aromatic nitrogens is 2. The summed E-state index contributed by atoms with van der Waals surface area (Å²) in [6.45, 7) is 4.37. The van der Waals surface area contributed by atoms with Crippen LogP contribution in [0.1, 0.15) is 17.0 Å². The molecule has 4 N–H and O–H groups in total. The van der Waals surface area contributed by atoms with E-state index in [0.29, 0.717) is 6.54 Å². The number of urea groups is 1. The lowest BCUT2D eigenvalue weighted by Crippen LogP contribution is -2.40. The monoisotopic (exact) mass is 253 g/mol. The second kappa shape index (κ2) is 6.04. The molecule has 1 aromatic rings. The molecule has 7 nitrogen and oxygen atoms in total. The van der Waals surface area contributed by atoms with Crippen molar-refractivity contribution in [1.82, 2.24) is 20.4 Å². The first-order chi connectivity index (χ1) is 8.41. The van der Waals surface area contributed by atoms with Crippen molar-refractivity contribution in [2.24, 2.45) is 5.73 Å². The second-order valence-corrected chi connectivity index (χ2v) is 4.20. The summed E-state index contributed by atoms with van der Waals surface area (Å²) in [4.78, 5) is 23.7. The lowest BCUT2D eigenvalue weighted by atomic mass is 10.1. The first-order valence-electron chi connectivity index (χ1n) is 5.69. The van der Waals surface area contributed by atoms with Crippen LogP contribution in [0.15, 0.2) is 0 Å². The van der Waals surface area contributed by atoms with E-state index in [-0.39, 0.29) is 12.5 Å². The molecule has 0 unspecified atom stereocenters. The van der Waals surface area contributed by atoms with E-state index in [1.54, 1.807) is 11.9 Å². The minimum Gasteiger partial charge on any atom is -0.352 e. The Balaban J connectivity index is 2.43. The Labute approximate surface area is 106 Å². The van der Waals surface area contributed by atoms with E-state index in [2.05, 4.69) is 15.5 Å². The number of aromatic amines is 1. The van der Waals surface area contributed by atoms with Crippen molar-refractivity contribution in [1.29, 1.82) is 0 Å². The Morgan fingerprint density at radius 2 is 2.11 bits per heavy atom. The number of nitrogens with zero attached hydrogens (tertiary/aromatic N) is 2. The van der Waals surface area contributed by atoms with E-state index in [9.17, 15) is 9.59 Å². The third-order valence-electron chi connectivity index (χ3n) is 2.82. The Bertz CT molecular complexity index is 421. The molecule has 100 valence electrons. The lowest BCUT2D eigenvalue weighted by molar-refractivity contribution is -0.128. The van der Waals surface area contributed by atoms with Gasteiger partial charge in [-0.15, -0.1) is 0 Å². The average molecular weight is 253 g/mol. The van der Waals surface area contributed by atoms with Gasteiger partial charge >= 0.3 is 6.03 Å². The van der Waals surface area contributed by atoms with Crippen molar-refractivity contribution in [3.8, 4) is 0 Å². The van der Waals surface area contributed by atoms with Crippen molar-refractivity contribution in [2.75, 3.05) is 20.1 Å². The zero-order valence-electron chi connectivity index (χ0n) is 10.9. The predicted octanol–water partition coefficient (Wildman–Crippen LogP) is -0.304. The van der Waals surface area contributed by atoms with E-state index in [1.807, 2.05) is 13.8 Å². The van der Waals surface area contributed by atoms with Gasteiger partial charge in [0.1, 0.15) is 0 Å². The first-order valence-corrected chi connectivity index (χ1v) is 5.69. The average Bonchev–Trinajstić information content (AvgIpc) is 2.63. The van der Waals surface area contributed by atoms with Gasteiger partial charge in [-0.3, -0.25) is 9.89 Å². The van der Waals surface area contributed by atoms with E-state index in [1.165, 1.54) is 0 Å². The second-order valence-electron chi connectivity index (χ2n) is 4.20. The van der Waals surface area contributed by atoms with Gasteiger partial charge in [-0.1, -0.05) is 0 Å². The number of carbonyl (C=O) groups is 2. The van der Waals surface area contributed by atoms with Gasteiger partial charge in [-0.05, 0) is 25.8 Å². The smallest absolute Gasteiger partial charge is 0.312 e. The van der Waals surface area contributed by atoms with Crippen LogP contribution >= 0.6 is 0 Å². The Hall–Kier alpha value is -2.05. The van der Waals surface area contributed by atoms with Crippen molar-refractivity contribution in [3.05, 3.63) is 17.0 Å². The summed E-state index contributed by atoms with van der Waals surface area (Å²) in [5.41, 5.74) is 7.99. The number of carbonyl (C=O) groups excluding carboxylic acids is 2. The molecule has 1 rings (SSSR count). The van der Waals surface area contributed by atoms with Gasteiger partial charge < -0.3 is 16.0 Å². The van der Waals surface area contributed by atoms with Gasteiger partial charge in [-0.2, -0.15) is 5.10 Å². The molecular formula is C11H19N5O2. The standard InChI is InChI=1S/C11H19N5O2/c1-7-9(8(2)15-14-7)4-5-16(3)10(17)6-13-11(12)18/h4-6H2,1-3H3,(H,14,15)(H3,12,13,18). The maximum absolute atomic E-state index is 11.6. The number of hydrogen-bond acceptors (Lipinski definition) is 3. The summed E-state index contributed by atoms with van der Waals surface area (Å²) in [7, 11) is 1.69. The van der Waals surface area contributed by atoms with E-state index in [0.717, 1.165) is 23.4 Å². The topological polar surface area (TPSA) is 104 Å². The molecule has 0 bridgehead atoms. The number of hydrogen-bond donors (Lipinski definition) is 3. The van der Waals surface area contributed by atoms with Gasteiger partial charge in [-0.25, -0.2) is 4.79 Å². The zero-order chi connectivity index (χ0) is 13.7. The van der Waals surface area contributed by atoms with Crippen LogP contribution in [-0.2, 0) is 11.2 Å². The van der Waals surface area contributed by atoms with Crippen LogP contribution in [0, 0.1) is 13.8 Å². The van der Waals surface area contributed by atoms with Crippen LogP contribution in [-0.4, -0.2) is 47.2 Å². The summed E-state index contributed by atoms with van der Waals surface area (Å²) >= 11 is 0. The van der Waals surface area contributed by atoms with Crippen LogP contribution in [0.4, 0.5) is 4.79 Å². The maximum atomic E-state index is 11.6. The number of amides is 3. The van der Waals surface area contributed by atoms with Gasteiger partial charge in [0.15, 0.2) is 0 Å². The largest absolute Gasteiger partial charge is 0.352 e.